The van der Waals surface area contributed by atoms with E-state index in [1.54, 1.807) is 12.2 Å². The monoisotopic (exact) mass is 345 g/mol. The molecule has 0 aliphatic heterocycles. The lowest BCUT2D eigenvalue weighted by molar-refractivity contribution is -0.116. The second-order valence-corrected chi connectivity index (χ2v) is 5.86. The number of nitrogens with zero attached hydrogens (tertiary/aromatic N) is 3. The van der Waals surface area contributed by atoms with Gasteiger partial charge in [-0.05, 0) is 29.6 Å². The van der Waals surface area contributed by atoms with Gasteiger partial charge in [-0.3, -0.25) is 4.79 Å². The highest BCUT2D eigenvalue weighted by atomic mass is 16.3. The summed E-state index contributed by atoms with van der Waals surface area (Å²) < 4.78 is 0. The van der Waals surface area contributed by atoms with E-state index in [1.165, 1.54) is 69.9 Å². The number of hydrogen-bond donors (Lipinski definition) is 1. The number of allylic oxidation sites excluding steroid dienone is 7. The van der Waals surface area contributed by atoms with Crippen molar-refractivity contribution < 1.29 is 9.90 Å². The number of carbonyl (C=O) groups is 1. The van der Waals surface area contributed by atoms with Crippen molar-refractivity contribution in [3.63, 3.8) is 0 Å². The molecule has 0 aliphatic carbocycles. The van der Waals surface area contributed by atoms with Crippen molar-refractivity contribution in [1.82, 2.24) is 0 Å². The molecular formula is C20H31N3O2. The average Bonchev–Trinajstić information content (AvgIpc) is 2.61. The zero-order chi connectivity index (χ0) is 18.6. The molecule has 138 valence electrons. The van der Waals surface area contributed by atoms with E-state index in [0.717, 1.165) is 6.42 Å². The first-order valence-corrected chi connectivity index (χ1v) is 9.21. The summed E-state index contributed by atoms with van der Waals surface area (Å²) in [6.45, 7) is 2.25. The first-order valence-electron chi connectivity index (χ1n) is 9.21. The summed E-state index contributed by atoms with van der Waals surface area (Å²) in [5.74, 6) is -1.57. The predicted molar refractivity (Wildman–Crippen MR) is 104 cm³/mol. The minimum Gasteiger partial charge on any atom is -0.504 e. The molecule has 0 aromatic heterocycles. The van der Waals surface area contributed by atoms with Gasteiger partial charge in [0, 0.05) is 4.91 Å². The molecule has 0 aromatic carbocycles. The van der Waals surface area contributed by atoms with Crippen LogP contribution in [0.4, 0.5) is 0 Å². The van der Waals surface area contributed by atoms with E-state index in [9.17, 15) is 9.90 Å². The van der Waals surface area contributed by atoms with E-state index < -0.39 is 11.7 Å². The van der Waals surface area contributed by atoms with E-state index in [1.807, 2.05) is 12.2 Å². The summed E-state index contributed by atoms with van der Waals surface area (Å²) in [5, 5.41) is 12.0. The van der Waals surface area contributed by atoms with Gasteiger partial charge in [0.05, 0.1) is 0 Å². The van der Waals surface area contributed by atoms with E-state index in [-0.39, 0.29) is 0 Å². The molecule has 0 heterocycles. The van der Waals surface area contributed by atoms with Crippen molar-refractivity contribution >= 4 is 5.91 Å². The molecule has 0 aliphatic rings. The number of carbonyl (C=O) groups excluding carboxylic acids is 1. The smallest absolute Gasteiger partial charge is 0.283 e. The summed E-state index contributed by atoms with van der Waals surface area (Å²) >= 11 is 0. The third kappa shape index (κ3) is 16.4. The minimum absolute atomic E-state index is 0.580. The SMILES string of the molecule is CCCCCCCCCCCC=CC=CC=CC=C(O)C(=O)N=[N+]=[N-]. The van der Waals surface area contributed by atoms with Crippen molar-refractivity contribution in [3.05, 3.63) is 58.7 Å². The maximum atomic E-state index is 10.9. The fraction of sp³-hybridized carbons (Fsp3) is 0.550. The molecule has 0 atom stereocenters. The van der Waals surface area contributed by atoms with Crippen molar-refractivity contribution in [3.8, 4) is 0 Å². The zero-order valence-electron chi connectivity index (χ0n) is 15.3. The van der Waals surface area contributed by atoms with E-state index in [0.29, 0.717) is 0 Å². The van der Waals surface area contributed by atoms with Gasteiger partial charge in [-0.25, -0.2) is 0 Å². The third-order valence-corrected chi connectivity index (χ3v) is 3.66. The van der Waals surface area contributed by atoms with Gasteiger partial charge in [0.2, 0.25) is 0 Å². The van der Waals surface area contributed by atoms with Crippen molar-refractivity contribution in [2.75, 3.05) is 0 Å². The number of aliphatic hydroxyl groups excluding tert-OH is 1. The first kappa shape index (κ1) is 22.7. The van der Waals surface area contributed by atoms with Gasteiger partial charge in [0.25, 0.3) is 5.91 Å². The number of azide groups is 1. The van der Waals surface area contributed by atoms with Crippen molar-refractivity contribution in [2.45, 2.75) is 71.1 Å². The minimum atomic E-state index is -0.989. The predicted octanol–water partition coefficient (Wildman–Crippen LogP) is 6.85. The van der Waals surface area contributed by atoms with Crippen LogP contribution in [0, 0.1) is 0 Å². The molecule has 5 heteroatoms. The van der Waals surface area contributed by atoms with E-state index in [4.69, 9.17) is 5.53 Å². The lowest BCUT2D eigenvalue weighted by Crippen LogP contribution is -1.94. The van der Waals surface area contributed by atoms with Crippen LogP contribution in [0.3, 0.4) is 0 Å². The Balaban J connectivity index is 3.63. The van der Waals surface area contributed by atoms with E-state index >= 15 is 0 Å². The number of hydrogen-bond acceptors (Lipinski definition) is 2. The van der Waals surface area contributed by atoms with Crippen LogP contribution in [0.15, 0.2) is 53.4 Å². The number of unbranched alkanes of at least 4 members (excludes halogenated alkanes) is 9. The molecule has 1 N–H and O–H groups in total. The molecular weight excluding hydrogens is 314 g/mol. The Labute approximate surface area is 151 Å². The summed E-state index contributed by atoms with van der Waals surface area (Å²) in [4.78, 5) is 13.2. The highest BCUT2D eigenvalue weighted by Crippen LogP contribution is 2.10. The molecule has 25 heavy (non-hydrogen) atoms. The largest absolute Gasteiger partial charge is 0.504 e. The fourth-order valence-electron chi connectivity index (χ4n) is 2.25. The highest BCUT2D eigenvalue weighted by molar-refractivity contribution is 5.91. The van der Waals surface area contributed by atoms with Crippen LogP contribution in [0.25, 0.3) is 10.4 Å². The van der Waals surface area contributed by atoms with Crippen LogP contribution in [0.2, 0.25) is 0 Å². The number of aliphatic hydroxyl groups is 1. The molecule has 0 fully saturated rings. The summed E-state index contributed by atoms with van der Waals surface area (Å²) in [6.07, 6.45) is 25.4. The fourth-order valence-corrected chi connectivity index (χ4v) is 2.25. The number of amides is 1. The number of rotatable bonds is 14. The van der Waals surface area contributed by atoms with E-state index in [2.05, 4.69) is 23.0 Å². The van der Waals surface area contributed by atoms with Crippen LogP contribution in [0.5, 0.6) is 0 Å². The Morgan fingerprint density at radius 2 is 1.48 bits per heavy atom. The Bertz CT molecular complexity index is 513. The van der Waals surface area contributed by atoms with Gasteiger partial charge < -0.3 is 5.11 Å². The Morgan fingerprint density at radius 3 is 2.12 bits per heavy atom. The van der Waals surface area contributed by atoms with Crippen LogP contribution < -0.4 is 0 Å². The quantitative estimate of drug-likeness (QED) is 0.0709. The Kier molecular flexibility index (Phi) is 16.4. The molecule has 0 rings (SSSR count). The molecule has 0 unspecified atom stereocenters. The second kappa shape index (κ2) is 18.1. The van der Waals surface area contributed by atoms with Gasteiger partial charge in [-0.1, -0.05) is 94.7 Å². The maximum absolute atomic E-state index is 10.9. The molecule has 5 nitrogen and oxygen atoms in total. The summed E-state index contributed by atoms with van der Waals surface area (Å²) in [5.41, 5.74) is 8.06. The van der Waals surface area contributed by atoms with Crippen LogP contribution in [-0.4, -0.2) is 11.0 Å². The van der Waals surface area contributed by atoms with Gasteiger partial charge >= 0.3 is 0 Å². The molecule has 0 saturated heterocycles. The molecule has 0 saturated carbocycles. The van der Waals surface area contributed by atoms with Gasteiger partial charge in [0.15, 0.2) is 5.76 Å². The van der Waals surface area contributed by atoms with Gasteiger partial charge in [0.1, 0.15) is 0 Å². The van der Waals surface area contributed by atoms with Gasteiger partial charge in [-0.15, -0.1) is 0 Å². The van der Waals surface area contributed by atoms with Crippen LogP contribution in [-0.2, 0) is 4.79 Å². The molecule has 1 amide bonds. The lowest BCUT2D eigenvalue weighted by Gasteiger charge is -2.00. The normalized spacial score (nSPS) is 12.3. The Hall–Kier alpha value is -2.26. The lowest BCUT2D eigenvalue weighted by atomic mass is 10.1. The van der Waals surface area contributed by atoms with Gasteiger partial charge in [-0.2, -0.15) is 0 Å². The standard InChI is InChI=1S/C20H31N3O2/c1-2-3-4-5-6-7-8-9-10-11-12-13-14-15-16-17-18-19(24)20(25)22-23-21/h12-18,24H,2-11H2,1H3. The average molecular weight is 345 g/mol. The van der Waals surface area contributed by atoms with Crippen LogP contribution >= 0.6 is 0 Å². The van der Waals surface area contributed by atoms with Crippen LogP contribution in [0.1, 0.15) is 71.1 Å². The molecule has 0 spiro atoms. The molecule has 0 aromatic rings. The maximum Gasteiger partial charge on any atom is 0.283 e. The molecule has 0 radical (unpaired) electrons. The van der Waals surface area contributed by atoms with Crippen molar-refractivity contribution in [2.24, 2.45) is 5.11 Å². The first-order chi connectivity index (χ1) is 12.2. The summed E-state index contributed by atoms with van der Waals surface area (Å²) in [6, 6.07) is 0. The van der Waals surface area contributed by atoms with Crippen molar-refractivity contribution in [1.29, 1.82) is 0 Å². The third-order valence-electron chi connectivity index (χ3n) is 3.66. The Morgan fingerprint density at radius 1 is 0.920 bits per heavy atom. The second-order valence-electron chi connectivity index (χ2n) is 5.86. The topological polar surface area (TPSA) is 86.1 Å². The molecule has 0 bridgehead atoms. The summed E-state index contributed by atoms with van der Waals surface area (Å²) in [7, 11) is 0. The highest BCUT2D eigenvalue weighted by Gasteiger charge is 2.01. The zero-order valence-corrected chi connectivity index (χ0v) is 15.3.